The Balaban J connectivity index is 2.32. The molecule has 25 heavy (non-hydrogen) atoms. The van der Waals surface area contributed by atoms with Gasteiger partial charge in [0.15, 0.2) is 11.6 Å². The Morgan fingerprint density at radius 2 is 1.36 bits per heavy atom. The largest absolute Gasteiger partial charge is 0.398 e. The normalized spacial score (nSPS) is 13.4. The molecule has 0 atom stereocenters. The highest BCUT2D eigenvalue weighted by Gasteiger charge is 2.34. The summed E-state index contributed by atoms with van der Waals surface area (Å²) in [7, 11) is 0. The van der Waals surface area contributed by atoms with Crippen LogP contribution in [0.15, 0.2) is 30.3 Å². The van der Waals surface area contributed by atoms with E-state index >= 15 is 0 Å². The number of carbonyl (C=O) groups excluding carboxylic acids is 2. The van der Waals surface area contributed by atoms with Crippen LogP contribution < -0.4 is 5.73 Å². The summed E-state index contributed by atoms with van der Waals surface area (Å²) < 4.78 is 0. The standard InChI is InChI=1S/C22H25NO2/c1-12(2)9-14-11-18(23)17(10-13(3)4)20-19(14)21(24)15-7-5-6-8-16(15)22(20)25/h5-8,11-13H,9-10,23H2,1-4H3. The molecule has 1 aliphatic carbocycles. The van der Waals surface area contributed by atoms with Gasteiger partial charge in [-0.15, -0.1) is 0 Å². The van der Waals surface area contributed by atoms with Crippen molar-refractivity contribution >= 4 is 17.3 Å². The number of benzene rings is 2. The SMILES string of the molecule is CC(C)Cc1cc(N)c(CC(C)C)c2c1C(=O)c1ccccc1C2=O. The van der Waals surface area contributed by atoms with Gasteiger partial charge in [-0.1, -0.05) is 52.0 Å². The lowest BCUT2D eigenvalue weighted by molar-refractivity contribution is 0.0977. The number of rotatable bonds is 4. The summed E-state index contributed by atoms with van der Waals surface area (Å²) in [5.41, 5.74) is 10.8. The topological polar surface area (TPSA) is 60.2 Å². The zero-order valence-electron chi connectivity index (χ0n) is 15.3. The molecule has 3 nitrogen and oxygen atoms in total. The van der Waals surface area contributed by atoms with Gasteiger partial charge in [0.05, 0.1) is 0 Å². The molecular formula is C22H25NO2. The lowest BCUT2D eigenvalue weighted by Gasteiger charge is -2.25. The first-order chi connectivity index (χ1) is 11.8. The van der Waals surface area contributed by atoms with E-state index in [0.29, 0.717) is 46.2 Å². The molecule has 2 aromatic rings. The molecule has 0 spiro atoms. The van der Waals surface area contributed by atoms with Gasteiger partial charge in [0.25, 0.3) is 0 Å². The van der Waals surface area contributed by atoms with E-state index in [1.54, 1.807) is 18.2 Å². The van der Waals surface area contributed by atoms with Crippen LogP contribution >= 0.6 is 0 Å². The van der Waals surface area contributed by atoms with Crippen molar-refractivity contribution in [3.63, 3.8) is 0 Å². The van der Waals surface area contributed by atoms with E-state index in [-0.39, 0.29) is 11.6 Å². The Bertz CT molecular complexity index is 863. The first-order valence-electron chi connectivity index (χ1n) is 8.93. The monoisotopic (exact) mass is 335 g/mol. The summed E-state index contributed by atoms with van der Waals surface area (Å²) in [5, 5.41) is 0. The van der Waals surface area contributed by atoms with E-state index in [2.05, 4.69) is 27.7 Å². The van der Waals surface area contributed by atoms with E-state index in [1.807, 2.05) is 12.1 Å². The number of ketones is 2. The fraction of sp³-hybridized carbons (Fsp3) is 0.364. The second kappa shape index (κ2) is 6.47. The molecule has 3 heteroatoms. The van der Waals surface area contributed by atoms with Gasteiger partial charge in [-0.3, -0.25) is 9.59 Å². The lowest BCUT2D eigenvalue weighted by atomic mass is 9.76. The number of hydrogen-bond donors (Lipinski definition) is 1. The van der Waals surface area contributed by atoms with Crippen molar-refractivity contribution in [2.24, 2.45) is 11.8 Å². The maximum Gasteiger partial charge on any atom is 0.194 e. The molecule has 0 fully saturated rings. The zero-order chi connectivity index (χ0) is 18.3. The van der Waals surface area contributed by atoms with Crippen LogP contribution in [0.4, 0.5) is 5.69 Å². The molecule has 0 bridgehead atoms. The zero-order valence-corrected chi connectivity index (χ0v) is 15.3. The Morgan fingerprint density at radius 1 is 0.840 bits per heavy atom. The third-order valence-corrected chi connectivity index (χ3v) is 4.66. The third-order valence-electron chi connectivity index (χ3n) is 4.66. The predicted molar refractivity (Wildman–Crippen MR) is 101 cm³/mol. The van der Waals surface area contributed by atoms with Crippen LogP contribution in [-0.4, -0.2) is 11.6 Å². The molecular weight excluding hydrogens is 310 g/mol. The molecule has 1 aliphatic rings. The molecule has 0 unspecified atom stereocenters. The van der Waals surface area contributed by atoms with E-state index in [4.69, 9.17) is 5.73 Å². The van der Waals surface area contributed by atoms with Gasteiger partial charge in [0.2, 0.25) is 0 Å². The van der Waals surface area contributed by atoms with Gasteiger partial charge < -0.3 is 5.73 Å². The Hall–Kier alpha value is -2.42. The maximum absolute atomic E-state index is 13.2. The van der Waals surface area contributed by atoms with Crippen LogP contribution in [0.3, 0.4) is 0 Å². The highest BCUT2D eigenvalue weighted by Crippen LogP contribution is 2.36. The smallest absolute Gasteiger partial charge is 0.194 e. The van der Waals surface area contributed by atoms with E-state index in [1.165, 1.54) is 0 Å². The fourth-order valence-corrected chi connectivity index (χ4v) is 3.69. The average Bonchev–Trinajstić information content (AvgIpc) is 2.54. The highest BCUT2D eigenvalue weighted by molar-refractivity contribution is 6.29. The summed E-state index contributed by atoms with van der Waals surface area (Å²) >= 11 is 0. The summed E-state index contributed by atoms with van der Waals surface area (Å²) in [6, 6.07) is 9.01. The minimum atomic E-state index is -0.0712. The summed E-state index contributed by atoms with van der Waals surface area (Å²) in [6.07, 6.45) is 1.42. The lowest BCUT2D eigenvalue weighted by Crippen LogP contribution is -2.26. The molecule has 0 amide bonds. The van der Waals surface area contributed by atoms with Crippen LogP contribution in [0.5, 0.6) is 0 Å². The fourth-order valence-electron chi connectivity index (χ4n) is 3.69. The van der Waals surface area contributed by atoms with Gasteiger partial charge in [0.1, 0.15) is 0 Å². The first kappa shape index (κ1) is 17.4. The van der Waals surface area contributed by atoms with Gasteiger partial charge >= 0.3 is 0 Å². The van der Waals surface area contributed by atoms with E-state index in [9.17, 15) is 9.59 Å². The Kier molecular flexibility index (Phi) is 4.51. The second-order valence-corrected chi connectivity index (χ2v) is 7.75. The quantitative estimate of drug-likeness (QED) is 0.717. The van der Waals surface area contributed by atoms with Crippen LogP contribution in [0.1, 0.15) is 70.7 Å². The Labute approximate surface area is 149 Å². The number of nitrogens with two attached hydrogens (primary N) is 1. The van der Waals surface area contributed by atoms with Crippen molar-refractivity contribution in [3.05, 3.63) is 63.7 Å². The number of hydrogen-bond acceptors (Lipinski definition) is 3. The van der Waals surface area contributed by atoms with Gasteiger partial charge in [-0.2, -0.15) is 0 Å². The minimum Gasteiger partial charge on any atom is -0.398 e. The molecule has 0 saturated heterocycles. The summed E-state index contributed by atoms with van der Waals surface area (Å²) in [5.74, 6) is 0.603. The van der Waals surface area contributed by atoms with Crippen molar-refractivity contribution in [1.82, 2.24) is 0 Å². The average molecular weight is 335 g/mol. The molecule has 130 valence electrons. The van der Waals surface area contributed by atoms with Crippen LogP contribution in [0, 0.1) is 11.8 Å². The van der Waals surface area contributed by atoms with Crippen molar-refractivity contribution in [2.75, 3.05) is 5.73 Å². The third kappa shape index (κ3) is 2.99. The van der Waals surface area contributed by atoms with E-state index < -0.39 is 0 Å². The van der Waals surface area contributed by atoms with Crippen LogP contribution in [0.25, 0.3) is 0 Å². The van der Waals surface area contributed by atoms with E-state index in [0.717, 1.165) is 17.5 Å². The van der Waals surface area contributed by atoms with Crippen molar-refractivity contribution in [1.29, 1.82) is 0 Å². The predicted octanol–water partition coefficient (Wildman–Crippen LogP) is 4.44. The maximum atomic E-state index is 13.2. The Morgan fingerprint density at radius 3 is 1.88 bits per heavy atom. The van der Waals surface area contributed by atoms with Crippen LogP contribution in [-0.2, 0) is 12.8 Å². The number of carbonyl (C=O) groups is 2. The number of anilines is 1. The van der Waals surface area contributed by atoms with Crippen molar-refractivity contribution in [2.45, 2.75) is 40.5 Å². The van der Waals surface area contributed by atoms with Crippen molar-refractivity contribution < 1.29 is 9.59 Å². The molecule has 2 aromatic carbocycles. The van der Waals surface area contributed by atoms with Gasteiger partial charge in [-0.05, 0) is 41.9 Å². The molecule has 0 radical (unpaired) electrons. The molecule has 3 rings (SSSR count). The van der Waals surface area contributed by atoms with Gasteiger partial charge in [0, 0.05) is 27.9 Å². The summed E-state index contributed by atoms with van der Waals surface area (Å²) in [6.45, 7) is 8.40. The molecule has 0 saturated carbocycles. The first-order valence-corrected chi connectivity index (χ1v) is 8.93. The number of nitrogen functional groups attached to an aromatic ring is 1. The van der Waals surface area contributed by atoms with Gasteiger partial charge in [-0.25, -0.2) is 0 Å². The highest BCUT2D eigenvalue weighted by atomic mass is 16.1. The summed E-state index contributed by atoms with van der Waals surface area (Å²) in [4.78, 5) is 26.5. The van der Waals surface area contributed by atoms with Crippen LogP contribution in [0.2, 0.25) is 0 Å². The second-order valence-electron chi connectivity index (χ2n) is 7.75. The minimum absolute atomic E-state index is 0.0501. The van der Waals surface area contributed by atoms with Crippen molar-refractivity contribution in [3.8, 4) is 0 Å². The molecule has 0 heterocycles. The molecule has 0 aliphatic heterocycles. The number of fused-ring (bicyclic) bond motifs is 2. The molecule has 0 aromatic heterocycles. The molecule has 2 N–H and O–H groups in total.